The highest BCUT2D eigenvalue weighted by molar-refractivity contribution is 8.00. The zero-order valence-electron chi connectivity index (χ0n) is 12.3. The predicted octanol–water partition coefficient (Wildman–Crippen LogP) is 2.99. The smallest absolute Gasteiger partial charge is 0.277 e. The lowest BCUT2D eigenvalue weighted by molar-refractivity contribution is -0.120. The molecule has 0 aliphatic heterocycles. The molecule has 0 spiro atoms. The third kappa shape index (κ3) is 4.17. The van der Waals surface area contributed by atoms with E-state index in [2.05, 4.69) is 20.5 Å². The van der Waals surface area contributed by atoms with Crippen molar-refractivity contribution in [3.8, 4) is 11.5 Å². The number of rotatable bonds is 6. The summed E-state index contributed by atoms with van der Waals surface area (Å²) in [6, 6.07) is 7.59. The minimum Gasteiger partial charge on any atom is -0.411 e. The quantitative estimate of drug-likeness (QED) is 0.691. The molecule has 3 aromatic heterocycles. The Kier molecular flexibility index (Phi) is 5.04. The molecule has 0 aliphatic rings. The molecule has 1 atom stereocenters. The van der Waals surface area contributed by atoms with Gasteiger partial charge in [0.25, 0.3) is 5.22 Å². The van der Waals surface area contributed by atoms with E-state index in [9.17, 15) is 4.79 Å². The highest BCUT2D eigenvalue weighted by atomic mass is 32.2. The van der Waals surface area contributed by atoms with E-state index in [1.54, 1.807) is 29.8 Å². The topological polar surface area (TPSA) is 80.9 Å². The summed E-state index contributed by atoms with van der Waals surface area (Å²) in [7, 11) is 0. The summed E-state index contributed by atoms with van der Waals surface area (Å²) in [6.07, 6.45) is 3.33. The van der Waals surface area contributed by atoms with Crippen molar-refractivity contribution >= 4 is 29.0 Å². The number of nitrogens with zero attached hydrogens (tertiary/aromatic N) is 3. The first-order chi connectivity index (χ1) is 11.2. The van der Waals surface area contributed by atoms with Gasteiger partial charge in [0.05, 0.1) is 17.4 Å². The monoisotopic (exact) mass is 346 g/mol. The summed E-state index contributed by atoms with van der Waals surface area (Å²) >= 11 is 2.85. The molecule has 8 heteroatoms. The molecule has 118 valence electrons. The van der Waals surface area contributed by atoms with E-state index >= 15 is 0 Å². The predicted molar refractivity (Wildman–Crippen MR) is 89.0 cm³/mol. The summed E-state index contributed by atoms with van der Waals surface area (Å²) in [5.74, 6) is 0.330. The number of amides is 1. The van der Waals surface area contributed by atoms with E-state index in [-0.39, 0.29) is 11.2 Å². The number of hydrogen-bond acceptors (Lipinski definition) is 7. The first kappa shape index (κ1) is 15.7. The summed E-state index contributed by atoms with van der Waals surface area (Å²) < 4.78 is 5.56. The number of carbonyl (C=O) groups excluding carboxylic acids is 1. The van der Waals surface area contributed by atoms with Gasteiger partial charge < -0.3 is 9.73 Å². The molecular formula is C15H14N4O2S2. The number of pyridine rings is 1. The van der Waals surface area contributed by atoms with Crippen molar-refractivity contribution < 1.29 is 9.21 Å². The molecule has 1 N–H and O–H groups in total. The molecule has 3 heterocycles. The molecule has 0 saturated carbocycles. The summed E-state index contributed by atoms with van der Waals surface area (Å²) in [5, 5.41) is 12.9. The zero-order chi connectivity index (χ0) is 16.1. The van der Waals surface area contributed by atoms with Gasteiger partial charge in [-0.15, -0.1) is 21.5 Å². The normalized spacial score (nSPS) is 12.0. The molecule has 0 bridgehead atoms. The third-order valence-corrected chi connectivity index (χ3v) is 4.79. The average Bonchev–Trinajstić information content (AvgIpc) is 3.25. The van der Waals surface area contributed by atoms with Crippen molar-refractivity contribution in [3.63, 3.8) is 0 Å². The van der Waals surface area contributed by atoms with E-state index in [0.717, 1.165) is 10.4 Å². The molecular weight excluding hydrogens is 332 g/mol. The summed E-state index contributed by atoms with van der Waals surface area (Å²) in [5.41, 5.74) is 0.752. The number of thioether (sulfide) groups is 1. The molecule has 0 radical (unpaired) electrons. The highest BCUT2D eigenvalue weighted by Crippen LogP contribution is 2.25. The van der Waals surface area contributed by atoms with Gasteiger partial charge in [0.2, 0.25) is 11.8 Å². The van der Waals surface area contributed by atoms with E-state index in [0.29, 0.717) is 17.7 Å². The molecule has 3 rings (SSSR count). The Labute approximate surface area is 141 Å². The molecule has 1 amide bonds. The number of hydrogen-bond donors (Lipinski definition) is 1. The second-order valence-electron chi connectivity index (χ2n) is 4.67. The van der Waals surface area contributed by atoms with Crippen LogP contribution in [-0.4, -0.2) is 26.3 Å². The Hall–Kier alpha value is -2.19. The molecule has 0 saturated heterocycles. The zero-order valence-corrected chi connectivity index (χ0v) is 13.9. The van der Waals surface area contributed by atoms with Gasteiger partial charge in [-0.3, -0.25) is 9.78 Å². The van der Waals surface area contributed by atoms with E-state index < -0.39 is 0 Å². The third-order valence-electron chi connectivity index (χ3n) is 2.98. The van der Waals surface area contributed by atoms with E-state index in [1.807, 2.05) is 30.5 Å². The van der Waals surface area contributed by atoms with Crippen LogP contribution >= 0.6 is 23.1 Å². The number of aromatic nitrogens is 3. The molecule has 23 heavy (non-hydrogen) atoms. The van der Waals surface area contributed by atoms with Gasteiger partial charge in [-0.05, 0) is 30.5 Å². The maximum Gasteiger partial charge on any atom is 0.277 e. The summed E-state index contributed by atoms with van der Waals surface area (Å²) in [6.45, 7) is 2.34. The molecule has 0 aromatic carbocycles. The van der Waals surface area contributed by atoms with Gasteiger partial charge in [-0.2, -0.15) is 0 Å². The van der Waals surface area contributed by atoms with Crippen LogP contribution in [0.15, 0.2) is 51.7 Å². The summed E-state index contributed by atoms with van der Waals surface area (Å²) in [4.78, 5) is 17.2. The Bertz CT molecular complexity index is 759. The Morgan fingerprint density at radius 2 is 2.30 bits per heavy atom. The minimum atomic E-state index is -0.322. The lowest BCUT2D eigenvalue weighted by Gasteiger charge is -2.08. The first-order valence-corrected chi connectivity index (χ1v) is 8.69. The average molecular weight is 346 g/mol. The lowest BCUT2D eigenvalue weighted by atomic mass is 10.3. The highest BCUT2D eigenvalue weighted by Gasteiger charge is 2.18. The Morgan fingerprint density at radius 1 is 1.39 bits per heavy atom. The molecule has 6 nitrogen and oxygen atoms in total. The van der Waals surface area contributed by atoms with Crippen LogP contribution in [0.4, 0.5) is 0 Å². The van der Waals surface area contributed by atoms with Crippen molar-refractivity contribution in [3.05, 3.63) is 46.9 Å². The number of thiophene rings is 1. The van der Waals surface area contributed by atoms with Gasteiger partial charge in [-0.25, -0.2) is 0 Å². The minimum absolute atomic E-state index is 0.0653. The van der Waals surface area contributed by atoms with Crippen LogP contribution in [0.2, 0.25) is 0 Å². The van der Waals surface area contributed by atoms with E-state index in [1.165, 1.54) is 11.8 Å². The first-order valence-electron chi connectivity index (χ1n) is 6.93. The SMILES string of the molecule is CC(Sc1nnc(-c2cccnc2)o1)C(=O)NCc1cccs1. The van der Waals surface area contributed by atoms with Gasteiger partial charge in [0.1, 0.15) is 0 Å². The molecule has 0 fully saturated rings. The van der Waals surface area contributed by atoms with Gasteiger partial charge in [0, 0.05) is 17.3 Å². The number of nitrogens with one attached hydrogen (secondary N) is 1. The second-order valence-corrected chi connectivity index (χ2v) is 7.00. The standard InChI is InChI=1S/C15H14N4O2S2/c1-10(13(20)17-9-12-5-3-7-22-12)23-15-19-18-14(21-15)11-4-2-6-16-8-11/h2-8,10H,9H2,1H3,(H,17,20). The van der Waals surface area contributed by atoms with Crippen LogP contribution in [0.25, 0.3) is 11.5 Å². The van der Waals surface area contributed by atoms with Gasteiger partial charge in [0.15, 0.2) is 0 Å². The van der Waals surface area contributed by atoms with Crippen LogP contribution in [0.5, 0.6) is 0 Å². The fraction of sp³-hybridized carbons (Fsp3) is 0.200. The maximum absolute atomic E-state index is 12.1. The van der Waals surface area contributed by atoms with Gasteiger partial charge in [-0.1, -0.05) is 17.8 Å². The van der Waals surface area contributed by atoms with Crippen LogP contribution < -0.4 is 5.32 Å². The lowest BCUT2D eigenvalue weighted by Crippen LogP contribution is -2.30. The fourth-order valence-corrected chi connectivity index (χ4v) is 3.15. The Morgan fingerprint density at radius 3 is 3.04 bits per heavy atom. The Balaban J connectivity index is 1.56. The maximum atomic E-state index is 12.1. The molecule has 1 unspecified atom stereocenters. The molecule has 0 aliphatic carbocycles. The van der Waals surface area contributed by atoms with Gasteiger partial charge >= 0.3 is 0 Å². The van der Waals surface area contributed by atoms with Crippen molar-refractivity contribution in [2.45, 2.75) is 23.9 Å². The second kappa shape index (κ2) is 7.38. The van der Waals surface area contributed by atoms with Crippen LogP contribution in [0.3, 0.4) is 0 Å². The van der Waals surface area contributed by atoms with Crippen LogP contribution in [0.1, 0.15) is 11.8 Å². The van der Waals surface area contributed by atoms with Crippen molar-refractivity contribution in [2.24, 2.45) is 0 Å². The van der Waals surface area contributed by atoms with Crippen molar-refractivity contribution in [1.29, 1.82) is 0 Å². The van der Waals surface area contributed by atoms with Crippen LogP contribution in [0, 0.1) is 0 Å². The van der Waals surface area contributed by atoms with Crippen molar-refractivity contribution in [2.75, 3.05) is 0 Å². The largest absolute Gasteiger partial charge is 0.411 e. The molecule has 3 aromatic rings. The fourth-order valence-electron chi connectivity index (χ4n) is 1.80. The van der Waals surface area contributed by atoms with Crippen molar-refractivity contribution in [1.82, 2.24) is 20.5 Å². The van der Waals surface area contributed by atoms with Crippen LogP contribution in [-0.2, 0) is 11.3 Å². The number of carbonyl (C=O) groups is 1. The van der Waals surface area contributed by atoms with E-state index in [4.69, 9.17) is 4.42 Å².